The molecule has 0 spiro atoms. The molecule has 2 aromatic rings. The Kier molecular flexibility index (Phi) is 4.07. The van der Waals surface area contributed by atoms with Gasteiger partial charge in [0.2, 0.25) is 0 Å². The molecule has 2 rings (SSSR count). The van der Waals surface area contributed by atoms with E-state index in [2.05, 4.69) is 10.3 Å². The molecular weight excluding hydrogens is 271 g/mol. The number of aromatic nitrogens is 2. The van der Waals surface area contributed by atoms with Crippen molar-refractivity contribution < 1.29 is 18.0 Å². The maximum Gasteiger partial charge on any atom is 0.254 e. The van der Waals surface area contributed by atoms with Crippen LogP contribution in [0.3, 0.4) is 0 Å². The highest BCUT2D eigenvalue weighted by Gasteiger charge is 2.18. The molecule has 0 saturated carbocycles. The molecule has 0 bridgehead atoms. The van der Waals surface area contributed by atoms with E-state index in [9.17, 15) is 18.0 Å². The first-order valence-corrected chi connectivity index (χ1v) is 5.87. The van der Waals surface area contributed by atoms with Crippen molar-refractivity contribution in [3.63, 3.8) is 0 Å². The van der Waals surface area contributed by atoms with Crippen molar-refractivity contribution in [2.24, 2.45) is 7.05 Å². The largest absolute Gasteiger partial charge is 0.352 e. The van der Waals surface area contributed by atoms with Crippen molar-refractivity contribution in [3.05, 3.63) is 53.4 Å². The van der Waals surface area contributed by atoms with Crippen molar-refractivity contribution in [1.29, 1.82) is 0 Å². The molecule has 106 valence electrons. The van der Waals surface area contributed by atoms with Gasteiger partial charge >= 0.3 is 0 Å². The van der Waals surface area contributed by atoms with E-state index in [1.54, 1.807) is 17.1 Å². The van der Waals surface area contributed by atoms with Crippen LogP contribution >= 0.6 is 0 Å². The third-order valence-corrected chi connectivity index (χ3v) is 2.70. The topological polar surface area (TPSA) is 46.9 Å². The lowest BCUT2D eigenvalue weighted by Gasteiger charge is -2.06. The van der Waals surface area contributed by atoms with Crippen LogP contribution in [0.25, 0.3) is 0 Å². The standard InChI is InChI=1S/C13H12F3N3O/c1-19-6-8(18-7-19)4-5-17-13(20)9-2-3-10(14)12(16)11(9)15/h2-3,6-7H,4-5H2,1H3,(H,17,20). The van der Waals surface area contributed by atoms with E-state index in [1.165, 1.54) is 0 Å². The van der Waals surface area contributed by atoms with Gasteiger partial charge in [0.15, 0.2) is 17.5 Å². The molecule has 0 aliphatic heterocycles. The lowest BCUT2D eigenvalue weighted by atomic mass is 10.2. The Labute approximate surface area is 113 Å². The average Bonchev–Trinajstić information content (AvgIpc) is 2.82. The van der Waals surface area contributed by atoms with Crippen LogP contribution in [0.15, 0.2) is 24.7 Å². The molecule has 0 saturated heterocycles. The number of halogens is 3. The van der Waals surface area contributed by atoms with Crippen LogP contribution in [-0.2, 0) is 13.5 Å². The molecule has 1 amide bonds. The zero-order valence-electron chi connectivity index (χ0n) is 10.7. The maximum atomic E-state index is 13.4. The molecule has 20 heavy (non-hydrogen) atoms. The Morgan fingerprint density at radius 3 is 2.70 bits per heavy atom. The van der Waals surface area contributed by atoms with E-state index in [1.807, 2.05) is 7.05 Å². The quantitative estimate of drug-likeness (QED) is 0.870. The summed E-state index contributed by atoms with van der Waals surface area (Å²) in [5, 5.41) is 2.43. The summed E-state index contributed by atoms with van der Waals surface area (Å²) in [6, 6.07) is 1.62. The average molecular weight is 283 g/mol. The summed E-state index contributed by atoms with van der Waals surface area (Å²) in [6.45, 7) is 0.217. The molecule has 4 nitrogen and oxygen atoms in total. The second-order valence-electron chi connectivity index (χ2n) is 4.26. The summed E-state index contributed by atoms with van der Waals surface area (Å²) >= 11 is 0. The van der Waals surface area contributed by atoms with Gasteiger partial charge < -0.3 is 9.88 Å². The van der Waals surface area contributed by atoms with Crippen molar-refractivity contribution in [1.82, 2.24) is 14.9 Å². The number of aryl methyl sites for hydroxylation is 1. The molecule has 1 aromatic carbocycles. The predicted octanol–water partition coefficient (Wildman–Crippen LogP) is 1.81. The van der Waals surface area contributed by atoms with E-state index in [0.29, 0.717) is 12.5 Å². The lowest BCUT2D eigenvalue weighted by molar-refractivity contribution is 0.0948. The van der Waals surface area contributed by atoms with E-state index < -0.39 is 28.9 Å². The fraction of sp³-hybridized carbons (Fsp3) is 0.231. The SMILES string of the molecule is Cn1cnc(CCNC(=O)c2ccc(F)c(F)c2F)c1. The minimum Gasteiger partial charge on any atom is -0.352 e. The first-order valence-electron chi connectivity index (χ1n) is 5.87. The fourth-order valence-corrected chi connectivity index (χ4v) is 1.70. The Morgan fingerprint density at radius 1 is 1.30 bits per heavy atom. The van der Waals surface area contributed by atoms with Crippen LogP contribution < -0.4 is 5.32 Å². The van der Waals surface area contributed by atoms with Gasteiger partial charge in [0.1, 0.15) is 0 Å². The fourth-order valence-electron chi connectivity index (χ4n) is 1.70. The number of hydrogen-bond donors (Lipinski definition) is 1. The van der Waals surface area contributed by atoms with Gasteiger partial charge in [0.25, 0.3) is 5.91 Å². The first-order chi connectivity index (χ1) is 9.49. The van der Waals surface area contributed by atoms with Crippen molar-refractivity contribution in [3.8, 4) is 0 Å². The number of rotatable bonds is 4. The highest BCUT2D eigenvalue weighted by atomic mass is 19.2. The monoisotopic (exact) mass is 283 g/mol. The number of amides is 1. The Morgan fingerprint density at radius 2 is 2.05 bits per heavy atom. The van der Waals surface area contributed by atoms with Gasteiger partial charge in [-0.25, -0.2) is 18.2 Å². The number of hydrogen-bond acceptors (Lipinski definition) is 2. The van der Waals surface area contributed by atoms with Gasteiger partial charge in [0, 0.05) is 26.2 Å². The zero-order valence-corrected chi connectivity index (χ0v) is 10.7. The minimum atomic E-state index is -1.65. The number of nitrogens with one attached hydrogen (secondary N) is 1. The van der Waals surface area contributed by atoms with Gasteiger partial charge in [-0.1, -0.05) is 0 Å². The van der Waals surface area contributed by atoms with Crippen LogP contribution in [0.5, 0.6) is 0 Å². The molecule has 1 N–H and O–H groups in total. The van der Waals surface area contributed by atoms with Crippen LogP contribution in [0, 0.1) is 17.5 Å². The first kappa shape index (κ1) is 14.1. The molecule has 0 atom stereocenters. The third kappa shape index (κ3) is 2.98. The van der Waals surface area contributed by atoms with Gasteiger partial charge in [0.05, 0.1) is 17.6 Å². The normalized spacial score (nSPS) is 10.6. The summed E-state index contributed by atoms with van der Waals surface area (Å²) in [5.74, 6) is -5.26. The third-order valence-electron chi connectivity index (χ3n) is 2.70. The lowest BCUT2D eigenvalue weighted by Crippen LogP contribution is -2.27. The summed E-state index contributed by atoms with van der Waals surface area (Å²) in [5.41, 5.74) is 0.239. The van der Waals surface area contributed by atoms with Gasteiger partial charge in [-0.15, -0.1) is 0 Å². The molecule has 1 aromatic heterocycles. The van der Waals surface area contributed by atoms with E-state index in [-0.39, 0.29) is 6.54 Å². The number of imidazole rings is 1. The van der Waals surface area contributed by atoms with Crippen LogP contribution in [-0.4, -0.2) is 22.0 Å². The maximum absolute atomic E-state index is 13.4. The predicted molar refractivity (Wildman–Crippen MR) is 65.6 cm³/mol. The number of benzene rings is 1. The van der Waals surface area contributed by atoms with Gasteiger partial charge in [-0.3, -0.25) is 4.79 Å². The van der Waals surface area contributed by atoms with Crippen molar-refractivity contribution in [2.75, 3.05) is 6.54 Å². The van der Waals surface area contributed by atoms with Crippen LogP contribution in [0.4, 0.5) is 13.2 Å². The van der Waals surface area contributed by atoms with E-state index in [4.69, 9.17) is 0 Å². The van der Waals surface area contributed by atoms with Gasteiger partial charge in [-0.2, -0.15) is 0 Å². The summed E-state index contributed by atoms with van der Waals surface area (Å²) in [6.07, 6.45) is 3.86. The molecule has 1 heterocycles. The van der Waals surface area contributed by atoms with E-state index >= 15 is 0 Å². The molecular formula is C13H12F3N3O. The van der Waals surface area contributed by atoms with Crippen LogP contribution in [0.2, 0.25) is 0 Å². The molecule has 0 aliphatic carbocycles. The molecule has 0 unspecified atom stereocenters. The Bertz CT molecular complexity index is 640. The molecule has 0 aliphatic rings. The Balaban J connectivity index is 1.97. The second kappa shape index (κ2) is 5.77. The van der Waals surface area contributed by atoms with Crippen molar-refractivity contribution in [2.45, 2.75) is 6.42 Å². The smallest absolute Gasteiger partial charge is 0.254 e. The van der Waals surface area contributed by atoms with E-state index in [0.717, 1.165) is 11.8 Å². The zero-order chi connectivity index (χ0) is 14.7. The minimum absolute atomic E-state index is 0.217. The highest BCUT2D eigenvalue weighted by Crippen LogP contribution is 2.14. The van der Waals surface area contributed by atoms with Gasteiger partial charge in [-0.05, 0) is 12.1 Å². The molecule has 7 heteroatoms. The number of carbonyl (C=O) groups excluding carboxylic acids is 1. The molecule has 0 fully saturated rings. The van der Waals surface area contributed by atoms with Crippen molar-refractivity contribution >= 4 is 5.91 Å². The number of nitrogens with zero attached hydrogens (tertiary/aromatic N) is 2. The molecule has 0 radical (unpaired) electrons. The highest BCUT2D eigenvalue weighted by molar-refractivity contribution is 5.94. The second-order valence-corrected chi connectivity index (χ2v) is 4.26. The Hall–Kier alpha value is -2.31. The summed E-state index contributed by atoms with van der Waals surface area (Å²) in [4.78, 5) is 15.7. The number of carbonyl (C=O) groups is 1. The summed E-state index contributed by atoms with van der Waals surface area (Å²) < 4.78 is 40.9. The van der Waals surface area contributed by atoms with Crippen LogP contribution in [0.1, 0.15) is 16.1 Å². The summed E-state index contributed by atoms with van der Waals surface area (Å²) in [7, 11) is 1.81.